The zero-order chi connectivity index (χ0) is 22.1. The quantitative estimate of drug-likeness (QED) is 0.486. The summed E-state index contributed by atoms with van der Waals surface area (Å²) in [6.07, 6.45) is 0. The number of esters is 2. The number of carbonyl (C=O) groups is 2. The molecule has 0 bridgehead atoms. The zero-order valence-electron chi connectivity index (χ0n) is 16.7. The molecule has 2 rings (SSSR count). The van der Waals surface area contributed by atoms with Crippen LogP contribution in [0.4, 0.5) is 4.39 Å². The Balaban J connectivity index is 2.65. The van der Waals surface area contributed by atoms with E-state index < -0.39 is 35.5 Å². The molecule has 0 amide bonds. The molecular formula is C23H21FN2O4. The van der Waals surface area contributed by atoms with Crippen molar-refractivity contribution in [3.8, 4) is 12.1 Å². The monoisotopic (exact) mass is 408 g/mol. The van der Waals surface area contributed by atoms with Crippen LogP contribution in [0.15, 0.2) is 48.5 Å². The fourth-order valence-electron chi connectivity index (χ4n) is 3.24. The van der Waals surface area contributed by atoms with Crippen molar-refractivity contribution in [3.63, 3.8) is 0 Å². The highest BCUT2D eigenvalue weighted by Crippen LogP contribution is 2.40. The molecule has 0 saturated carbocycles. The topological polar surface area (TPSA) is 100 Å². The summed E-state index contributed by atoms with van der Waals surface area (Å²) in [4.78, 5) is 25.5. The Hall–Kier alpha value is -3.71. The normalized spacial score (nSPS) is 12.3. The molecular weight excluding hydrogens is 387 g/mol. The van der Waals surface area contributed by atoms with Crippen LogP contribution in [0.2, 0.25) is 0 Å². The van der Waals surface area contributed by atoms with E-state index in [0.717, 1.165) is 0 Å². The second kappa shape index (κ2) is 10.7. The molecule has 0 spiro atoms. The molecule has 0 aliphatic carbocycles. The van der Waals surface area contributed by atoms with E-state index in [1.165, 1.54) is 24.3 Å². The molecule has 2 aromatic rings. The Morgan fingerprint density at radius 3 is 1.83 bits per heavy atom. The van der Waals surface area contributed by atoms with Crippen molar-refractivity contribution in [2.45, 2.75) is 25.7 Å². The van der Waals surface area contributed by atoms with Crippen molar-refractivity contribution in [3.05, 3.63) is 71.0 Å². The lowest BCUT2D eigenvalue weighted by atomic mass is 9.74. The lowest BCUT2D eigenvalue weighted by Crippen LogP contribution is -2.36. The summed E-state index contributed by atoms with van der Waals surface area (Å²) in [6, 6.07) is 15.7. The third-order valence-corrected chi connectivity index (χ3v) is 4.59. The number of nitrogens with zero attached hydrogens (tertiary/aromatic N) is 2. The molecule has 0 saturated heterocycles. The average Bonchev–Trinajstić information content (AvgIpc) is 2.75. The maximum Gasteiger partial charge on any atom is 0.321 e. The van der Waals surface area contributed by atoms with Crippen LogP contribution in [0.3, 0.4) is 0 Å². The number of benzene rings is 2. The van der Waals surface area contributed by atoms with E-state index in [1.54, 1.807) is 38.1 Å². The highest BCUT2D eigenvalue weighted by atomic mass is 19.1. The van der Waals surface area contributed by atoms with Crippen LogP contribution in [0.25, 0.3) is 0 Å². The summed E-state index contributed by atoms with van der Waals surface area (Å²) in [5.41, 5.74) is 1.32. The summed E-state index contributed by atoms with van der Waals surface area (Å²) in [6.45, 7) is 3.29. The standard InChI is InChI=1S/C23H21FN2O4/c1-3-29-22(27)21(23(28)30-4-2)20(17-9-11-18(24)12-10-17)19(14-26)16-7-5-15(13-25)6-8-16/h5-12,19-21H,3-4H2,1-2H3/t19-,20+/m0/s1. The molecule has 154 valence electrons. The molecule has 7 heteroatoms. The summed E-state index contributed by atoms with van der Waals surface area (Å²) in [5, 5.41) is 19.0. The summed E-state index contributed by atoms with van der Waals surface area (Å²) < 4.78 is 23.7. The third-order valence-electron chi connectivity index (χ3n) is 4.59. The Labute approximate surface area is 174 Å². The van der Waals surface area contributed by atoms with Gasteiger partial charge in [0.05, 0.1) is 36.8 Å². The third kappa shape index (κ3) is 5.21. The van der Waals surface area contributed by atoms with Gasteiger partial charge in [0, 0.05) is 5.92 Å². The van der Waals surface area contributed by atoms with Gasteiger partial charge in [-0.1, -0.05) is 24.3 Å². The largest absolute Gasteiger partial charge is 0.465 e. The van der Waals surface area contributed by atoms with Gasteiger partial charge in [0.2, 0.25) is 0 Å². The molecule has 0 aromatic heterocycles. The first kappa shape index (κ1) is 22.6. The highest BCUT2D eigenvalue weighted by molar-refractivity contribution is 5.96. The molecule has 6 nitrogen and oxygen atoms in total. The van der Waals surface area contributed by atoms with Gasteiger partial charge in [-0.2, -0.15) is 10.5 Å². The predicted octanol–water partition coefficient (Wildman–Crippen LogP) is 3.83. The van der Waals surface area contributed by atoms with Gasteiger partial charge in [0.25, 0.3) is 0 Å². The number of hydrogen-bond donors (Lipinski definition) is 0. The Bertz CT molecular complexity index is 941. The fraction of sp³-hybridized carbons (Fsp3) is 0.304. The molecule has 0 radical (unpaired) electrons. The van der Waals surface area contributed by atoms with Crippen molar-refractivity contribution in [2.75, 3.05) is 13.2 Å². The second-order valence-electron chi connectivity index (χ2n) is 6.40. The van der Waals surface area contributed by atoms with Crippen LogP contribution < -0.4 is 0 Å². The van der Waals surface area contributed by atoms with Crippen molar-refractivity contribution >= 4 is 11.9 Å². The molecule has 0 aliphatic heterocycles. The van der Waals surface area contributed by atoms with E-state index in [0.29, 0.717) is 16.7 Å². The van der Waals surface area contributed by atoms with Gasteiger partial charge in [0.15, 0.2) is 5.92 Å². The average molecular weight is 408 g/mol. The molecule has 0 fully saturated rings. The second-order valence-corrected chi connectivity index (χ2v) is 6.40. The van der Waals surface area contributed by atoms with E-state index in [9.17, 15) is 19.2 Å². The van der Waals surface area contributed by atoms with Gasteiger partial charge in [-0.05, 0) is 49.2 Å². The van der Waals surface area contributed by atoms with Crippen molar-refractivity contribution < 1.29 is 23.5 Å². The van der Waals surface area contributed by atoms with Crippen LogP contribution in [-0.4, -0.2) is 25.2 Å². The first-order valence-corrected chi connectivity index (χ1v) is 9.45. The lowest BCUT2D eigenvalue weighted by Gasteiger charge is -2.28. The Kier molecular flexibility index (Phi) is 8.08. The summed E-state index contributed by atoms with van der Waals surface area (Å²) >= 11 is 0. The van der Waals surface area contributed by atoms with Gasteiger partial charge >= 0.3 is 11.9 Å². The summed E-state index contributed by atoms with van der Waals surface area (Å²) in [7, 11) is 0. The Morgan fingerprint density at radius 2 is 1.40 bits per heavy atom. The molecule has 0 N–H and O–H groups in total. The minimum atomic E-state index is -1.42. The maximum absolute atomic E-state index is 13.5. The zero-order valence-corrected chi connectivity index (χ0v) is 16.7. The molecule has 0 unspecified atom stereocenters. The molecule has 0 heterocycles. The number of ether oxygens (including phenoxy) is 2. The van der Waals surface area contributed by atoms with Crippen LogP contribution >= 0.6 is 0 Å². The van der Waals surface area contributed by atoms with Crippen LogP contribution in [0.1, 0.15) is 42.4 Å². The molecule has 30 heavy (non-hydrogen) atoms. The van der Waals surface area contributed by atoms with Crippen LogP contribution in [0, 0.1) is 34.4 Å². The highest BCUT2D eigenvalue weighted by Gasteiger charge is 2.43. The van der Waals surface area contributed by atoms with Gasteiger partial charge in [0.1, 0.15) is 5.82 Å². The number of halogens is 1. The predicted molar refractivity (Wildman–Crippen MR) is 105 cm³/mol. The molecule has 2 atom stereocenters. The number of hydrogen-bond acceptors (Lipinski definition) is 6. The van der Waals surface area contributed by atoms with Crippen molar-refractivity contribution in [2.24, 2.45) is 5.92 Å². The first-order chi connectivity index (χ1) is 14.5. The smallest absolute Gasteiger partial charge is 0.321 e. The van der Waals surface area contributed by atoms with E-state index >= 15 is 0 Å². The van der Waals surface area contributed by atoms with Crippen LogP contribution in [-0.2, 0) is 19.1 Å². The van der Waals surface area contributed by atoms with E-state index in [-0.39, 0.29) is 13.2 Å². The van der Waals surface area contributed by atoms with Crippen LogP contribution in [0.5, 0.6) is 0 Å². The fourth-order valence-corrected chi connectivity index (χ4v) is 3.24. The van der Waals surface area contributed by atoms with Crippen molar-refractivity contribution in [1.82, 2.24) is 0 Å². The lowest BCUT2D eigenvalue weighted by molar-refractivity contribution is -0.163. The Morgan fingerprint density at radius 1 is 0.900 bits per heavy atom. The van der Waals surface area contributed by atoms with Gasteiger partial charge in [-0.25, -0.2) is 4.39 Å². The molecule has 0 aliphatic rings. The number of nitriles is 2. The van der Waals surface area contributed by atoms with Gasteiger partial charge in [-0.15, -0.1) is 0 Å². The van der Waals surface area contributed by atoms with E-state index in [1.807, 2.05) is 6.07 Å². The number of rotatable bonds is 8. The maximum atomic E-state index is 13.5. The van der Waals surface area contributed by atoms with Crippen molar-refractivity contribution in [1.29, 1.82) is 10.5 Å². The van der Waals surface area contributed by atoms with E-state index in [4.69, 9.17) is 14.7 Å². The number of carbonyl (C=O) groups excluding carboxylic acids is 2. The molecule has 2 aromatic carbocycles. The van der Waals surface area contributed by atoms with Gasteiger partial charge < -0.3 is 9.47 Å². The minimum Gasteiger partial charge on any atom is -0.465 e. The minimum absolute atomic E-state index is 0.0406. The summed E-state index contributed by atoms with van der Waals surface area (Å²) in [5.74, 6) is -5.49. The SMILES string of the molecule is CCOC(=O)C(C(=O)OCC)[C@H](c1ccc(F)cc1)[C@@H](C#N)c1ccc(C#N)cc1. The van der Waals surface area contributed by atoms with Gasteiger partial charge in [-0.3, -0.25) is 9.59 Å². The van der Waals surface area contributed by atoms with E-state index in [2.05, 4.69) is 6.07 Å². The first-order valence-electron chi connectivity index (χ1n) is 9.45.